The minimum atomic E-state index is -0.500. The Balaban J connectivity index is 2.14. The van der Waals surface area contributed by atoms with Crippen LogP contribution in [0.2, 0.25) is 0 Å². The normalized spacial score (nSPS) is 16.2. The van der Waals surface area contributed by atoms with Gasteiger partial charge in [-0.1, -0.05) is 19.4 Å². The van der Waals surface area contributed by atoms with Crippen molar-refractivity contribution in [2.75, 3.05) is 11.9 Å². The van der Waals surface area contributed by atoms with Crippen molar-refractivity contribution < 1.29 is 9.59 Å². The molecule has 0 aliphatic carbocycles. The minimum absolute atomic E-state index is 0.401. The molecule has 0 bridgehead atoms. The molecule has 1 aliphatic heterocycles. The second kappa shape index (κ2) is 6.88. The minimum Gasteiger partial charge on any atom is -0.362 e. The summed E-state index contributed by atoms with van der Waals surface area (Å²) in [5, 5.41) is 5.78. The zero-order chi connectivity index (χ0) is 14.5. The van der Waals surface area contributed by atoms with Crippen molar-refractivity contribution in [3.63, 3.8) is 0 Å². The molecular weight excluding hydrogens is 367 g/mol. The number of hydrogen-bond donors (Lipinski definition) is 2. The first-order valence-electron chi connectivity index (χ1n) is 6.68. The molecule has 1 aromatic carbocycles. The molecule has 0 saturated carbocycles. The number of carbonyl (C=O) groups is 2. The maximum atomic E-state index is 12.3. The number of unbranched alkanes of at least 4 members (excludes halogenated alkanes) is 1. The van der Waals surface area contributed by atoms with Gasteiger partial charge in [-0.3, -0.25) is 9.59 Å². The molecule has 4 nitrogen and oxygen atoms in total. The van der Waals surface area contributed by atoms with Crippen LogP contribution in [0.25, 0.3) is 0 Å². The third kappa shape index (κ3) is 3.39. The van der Waals surface area contributed by atoms with Gasteiger partial charge < -0.3 is 10.6 Å². The van der Waals surface area contributed by atoms with Gasteiger partial charge in [-0.15, -0.1) is 0 Å². The summed E-state index contributed by atoms with van der Waals surface area (Å²) in [5.74, 6) is -1.40. The van der Waals surface area contributed by atoms with E-state index in [-0.39, 0.29) is 0 Å². The van der Waals surface area contributed by atoms with E-state index in [2.05, 4.69) is 33.2 Å². The summed E-state index contributed by atoms with van der Waals surface area (Å²) in [6.45, 7) is 2.59. The number of benzene rings is 1. The van der Waals surface area contributed by atoms with Crippen LogP contribution in [0.1, 0.15) is 31.2 Å². The molecule has 106 valence electrons. The molecule has 0 saturated heterocycles. The zero-order valence-electron chi connectivity index (χ0n) is 11.3. The molecule has 0 aromatic heterocycles. The predicted molar refractivity (Wildman–Crippen MR) is 87.6 cm³/mol. The van der Waals surface area contributed by atoms with Crippen LogP contribution in [0.3, 0.4) is 0 Å². The van der Waals surface area contributed by atoms with Crippen molar-refractivity contribution in [1.82, 2.24) is 5.32 Å². The Morgan fingerprint density at radius 1 is 1.40 bits per heavy atom. The van der Waals surface area contributed by atoms with Gasteiger partial charge in [-0.05, 0) is 59.0 Å². The van der Waals surface area contributed by atoms with E-state index in [1.807, 2.05) is 25.1 Å². The van der Waals surface area contributed by atoms with E-state index in [1.165, 1.54) is 0 Å². The van der Waals surface area contributed by atoms with Gasteiger partial charge in [0.05, 0.1) is 5.92 Å². The lowest BCUT2D eigenvalue weighted by molar-refractivity contribution is -0.138. The average Bonchev–Trinajstić information content (AvgIpc) is 2.46. The monoisotopic (exact) mass is 384 g/mol. The quantitative estimate of drug-likeness (QED) is 0.466. The molecule has 1 aromatic rings. The van der Waals surface area contributed by atoms with Gasteiger partial charge in [0, 0.05) is 15.8 Å². The molecule has 5 heteroatoms. The third-order valence-corrected chi connectivity index (χ3v) is 3.87. The number of rotatable bonds is 5. The van der Waals surface area contributed by atoms with Crippen molar-refractivity contribution in [3.8, 4) is 0 Å². The summed E-state index contributed by atoms with van der Waals surface area (Å²) in [7, 11) is 0. The summed E-state index contributed by atoms with van der Waals surface area (Å²) in [6.07, 6.45) is 5.33. The Kier molecular flexibility index (Phi) is 5.17. The van der Waals surface area contributed by atoms with Crippen LogP contribution in [-0.2, 0) is 9.59 Å². The molecule has 1 amide bonds. The van der Waals surface area contributed by atoms with Crippen molar-refractivity contribution in [2.24, 2.45) is 0 Å². The Morgan fingerprint density at radius 3 is 2.95 bits per heavy atom. The summed E-state index contributed by atoms with van der Waals surface area (Å²) in [4.78, 5) is 24.2. The number of Topliss-reactive ketones (excluding diaryl/α,β-unsaturated/α-hetero) is 1. The van der Waals surface area contributed by atoms with Crippen molar-refractivity contribution in [1.29, 1.82) is 0 Å². The van der Waals surface area contributed by atoms with Crippen LogP contribution in [0, 0.1) is 3.57 Å². The Bertz CT molecular complexity index is 555. The number of fused-ring (bicyclic) bond motifs is 1. The van der Waals surface area contributed by atoms with Gasteiger partial charge in [0.15, 0.2) is 0 Å². The molecule has 2 rings (SSSR count). The van der Waals surface area contributed by atoms with Gasteiger partial charge >= 0.3 is 0 Å². The largest absolute Gasteiger partial charge is 0.362 e. The topological polar surface area (TPSA) is 58.2 Å². The Morgan fingerprint density at radius 2 is 2.20 bits per heavy atom. The molecule has 1 unspecified atom stereocenters. The fourth-order valence-electron chi connectivity index (χ4n) is 2.10. The zero-order valence-corrected chi connectivity index (χ0v) is 13.4. The smallest absolute Gasteiger partial charge is 0.288 e. The molecule has 0 radical (unpaired) electrons. The second-order valence-electron chi connectivity index (χ2n) is 4.69. The number of nitrogens with one attached hydrogen (secondary N) is 2. The predicted octanol–water partition coefficient (Wildman–Crippen LogP) is 2.80. The van der Waals surface area contributed by atoms with E-state index in [0.717, 1.165) is 27.7 Å². The first-order chi connectivity index (χ1) is 9.63. The lowest BCUT2D eigenvalue weighted by Gasteiger charge is -2.20. The molecule has 0 fully saturated rings. The van der Waals surface area contributed by atoms with Crippen LogP contribution in [0.5, 0.6) is 0 Å². The second-order valence-corrected chi connectivity index (χ2v) is 5.93. The highest BCUT2D eigenvalue weighted by Crippen LogP contribution is 2.31. The molecule has 1 heterocycles. The first kappa shape index (κ1) is 15.0. The molecule has 20 heavy (non-hydrogen) atoms. The van der Waals surface area contributed by atoms with Crippen LogP contribution < -0.4 is 10.6 Å². The number of carbonyl (C=O) groups excluding carboxylic acids is 2. The highest BCUT2D eigenvalue weighted by molar-refractivity contribution is 14.1. The maximum Gasteiger partial charge on any atom is 0.288 e. The van der Waals surface area contributed by atoms with E-state index in [0.29, 0.717) is 6.54 Å². The SMILES string of the molecule is CCCCNC(=O)C(=O)C1C=CNc2ccc(I)cc21. The average molecular weight is 384 g/mol. The lowest BCUT2D eigenvalue weighted by atomic mass is 9.91. The number of hydrogen-bond acceptors (Lipinski definition) is 3. The van der Waals surface area contributed by atoms with E-state index in [9.17, 15) is 9.59 Å². The summed E-state index contributed by atoms with van der Waals surface area (Å²) in [6, 6.07) is 5.83. The third-order valence-electron chi connectivity index (χ3n) is 3.20. The molecule has 0 spiro atoms. The molecule has 1 aliphatic rings. The van der Waals surface area contributed by atoms with Crippen LogP contribution in [-0.4, -0.2) is 18.2 Å². The van der Waals surface area contributed by atoms with Gasteiger partial charge in [-0.2, -0.15) is 0 Å². The van der Waals surface area contributed by atoms with E-state index < -0.39 is 17.6 Å². The van der Waals surface area contributed by atoms with Crippen LogP contribution in [0.15, 0.2) is 30.5 Å². The van der Waals surface area contributed by atoms with Crippen LogP contribution in [0.4, 0.5) is 5.69 Å². The Hall–Kier alpha value is -1.37. The highest BCUT2D eigenvalue weighted by atomic mass is 127. The summed E-state index contributed by atoms with van der Waals surface area (Å²) >= 11 is 2.20. The summed E-state index contributed by atoms with van der Waals surface area (Å²) in [5.41, 5.74) is 1.74. The van der Waals surface area contributed by atoms with E-state index in [4.69, 9.17) is 0 Å². The molecule has 2 N–H and O–H groups in total. The van der Waals surface area contributed by atoms with Gasteiger partial charge in [-0.25, -0.2) is 0 Å². The number of halogens is 1. The number of amides is 1. The molecular formula is C15H17IN2O2. The van der Waals surface area contributed by atoms with Gasteiger partial charge in [0.1, 0.15) is 0 Å². The number of allylic oxidation sites excluding steroid dienone is 1. The van der Waals surface area contributed by atoms with E-state index >= 15 is 0 Å². The van der Waals surface area contributed by atoms with Gasteiger partial charge in [0.25, 0.3) is 5.91 Å². The maximum absolute atomic E-state index is 12.3. The van der Waals surface area contributed by atoms with Crippen molar-refractivity contribution in [3.05, 3.63) is 39.6 Å². The Labute approximate surface area is 132 Å². The van der Waals surface area contributed by atoms with Crippen molar-refractivity contribution in [2.45, 2.75) is 25.7 Å². The highest BCUT2D eigenvalue weighted by Gasteiger charge is 2.28. The number of anilines is 1. The lowest BCUT2D eigenvalue weighted by Crippen LogP contribution is -2.35. The fraction of sp³-hybridized carbons (Fsp3) is 0.333. The standard InChI is InChI=1S/C15H17IN2O2/c1-2-3-7-18-15(20)14(19)11-6-8-17-13-5-4-10(16)9-12(11)13/h4-6,8-9,11,17H,2-3,7H2,1H3,(H,18,20). The summed E-state index contributed by atoms with van der Waals surface area (Å²) < 4.78 is 1.04. The fourth-order valence-corrected chi connectivity index (χ4v) is 2.61. The van der Waals surface area contributed by atoms with E-state index in [1.54, 1.807) is 12.3 Å². The first-order valence-corrected chi connectivity index (χ1v) is 7.76. The van der Waals surface area contributed by atoms with Crippen molar-refractivity contribution >= 4 is 40.0 Å². The molecule has 1 atom stereocenters. The number of ketones is 1. The van der Waals surface area contributed by atoms with Crippen LogP contribution >= 0.6 is 22.6 Å². The van der Waals surface area contributed by atoms with Gasteiger partial charge in [0.2, 0.25) is 5.78 Å².